The van der Waals surface area contributed by atoms with Crippen molar-refractivity contribution in [3.05, 3.63) is 59.0 Å². The number of thiocarbonyl (C=S) groups is 1. The van der Waals surface area contributed by atoms with E-state index < -0.39 is 15.9 Å². The zero-order valence-electron chi connectivity index (χ0n) is 17.5. The summed E-state index contributed by atoms with van der Waals surface area (Å²) in [4.78, 5) is 26.3. The number of anilines is 1. The first-order valence-corrected chi connectivity index (χ1v) is 12.1. The predicted molar refractivity (Wildman–Crippen MR) is 138 cm³/mol. The van der Waals surface area contributed by atoms with Crippen LogP contribution in [0.2, 0.25) is 0 Å². The summed E-state index contributed by atoms with van der Waals surface area (Å²) in [5.41, 5.74) is 1.42. The van der Waals surface area contributed by atoms with Gasteiger partial charge in [-0.3, -0.25) is 14.5 Å². The summed E-state index contributed by atoms with van der Waals surface area (Å²) in [6.07, 6.45) is 0.564. The fourth-order valence-electron chi connectivity index (χ4n) is 2.84. The van der Waals surface area contributed by atoms with Crippen molar-refractivity contribution >= 4 is 86.7 Å². The van der Waals surface area contributed by atoms with Crippen LogP contribution in [0.5, 0.6) is 11.5 Å². The lowest BCUT2D eigenvalue weighted by molar-refractivity contribution is -0.121. The van der Waals surface area contributed by atoms with Gasteiger partial charge in [0.15, 0.2) is 4.32 Å². The molecule has 3 rings (SSSR count). The molecule has 2 amide bonds. The zero-order chi connectivity index (χ0) is 24.2. The van der Waals surface area contributed by atoms with Crippen LogP contribution in [0.4, 0.5) is 5.69 Å². The van der Waals surface area contributed by atoms with Crippen LogP contribution in [0.1, 0.15) is 19.4 Å². The number of rotatable bonds is 7. The molecule has 11 heteroatoms. The molecule has 1 aliphatic rings. The van der Waals surface area contributed by atoms with E-state index in [1.54, 1.807) is 54.6 Å². The van der Waals surface area contributed by atoms with Gasteiger partial charge < -0.3 is 14.8 Å². The lowest BCUT2D eigenvalue weighted by Crippen LogP contribution is -2.47. The van der Waals surface area contributed by atoms with Crippen LogP contribution >= 0.6 is 58.8 Å². The number of hydrogen-bond donors (Lipinski definition) is 1. The fourth-order valence-corrected chi connectivity index (χ4v) is 4.44. The molecule has 174 valence electrons. The van der Waals surface area contributed by atoms with Crippen molar-refractivity contribution in [1.29, 1.82) is 0 Å². The zero-order valence-corrected chi connectivity index (χ0v) is 21.4. The van der Waals surface area contributed by atoms with E-state index in [9.17, 15) is 9.59 Å². The summed E-state index contributed by atoms with van der Waals surface area (Å²) >= 11 is 24.3. The second-order valence-electron chi connectivity index (χ2n) is 6.75. The molecule has 6 nitrogen and oxygen atoms in total. The number of benzene rings is 2. The van der Waals surface area contributed by atoms with Crippen LogP contribution in [0.3, 0.4) is 0 Å². The first-order chi connectivity index (χ1) is 15.6. The fraction of sp³-hybridized carbons (Fsp3) is 0.227. The number of nitrogens with zero attached hydrogens (tertiary/aromatic N) is 1. The molecule has 0 radical (unpaired) electrons. The number of nitrogens with one attached hydrogen (secondary N) is 1. The molecule has 1 atom stereocenters. The van der Waals surface area contributed by atoms with Crippen molar-refractivity contribution in [2.75, 3.05) is 11.5 Å². The summed E-state index contributed by atoms with van der Waals surface area (Å²) in [6, 6.07) is 13.9. The molecule has 0 saturated carbocycles. The van der Waals surface area contributed by atoms with Crippen molar-refractivity contribution in [2.45, 2.75) is 23.9 Å². The highest BCUT2D eigenvalue weighted by Crippen LogP contribution is 2.37. The van der Waals surface area contributed by atoms with E-state index in [1.807, 2.05) is 6.92 Å². The quantitative estimate of drug-likeness (QED) is 0.208. The Labute approximate surface area is 216 Å². The van der Waals surface area contributed by atoms with Gasteiger partial charge in [0, 0.05) is 6.92 Å². The van der Waals surface area contributed by atoms with Crippen LogP contribution in [0.25, 0.3) is 6.08 Å². The van der Waals surface area contributed by atoms with Gasteiger partial charge in [-0.15, -0.1) is 0 Å². The summed E-state index contributed by atoms with van der Waals surface area (Å²) < 4.78 is 9.62. The summed E-state index contributed by atoms with van der Waals surface area (Å²) in [5.74, 6) is 0.480. The smallest absolute Gasteiger partial charge is 0.270 e. The van der Waals surface area contributed by atoms with Gasteiger partial charge in [-0.25, -0.2) is 0 Å². The Morgan fingerprint density at radius 2 is 1.76 bits per heavy atom. The van der Waals surface area contributed by atoms with Crippen LogP contribution in [-0.4, -0.2) is 32.8 Å². The van der Waals surface area contributed by atoms with Gasteiger partial charge in [-0.2, -0.15) is 0 Å². The van der Waals surface area contributed by atoms with Crippen LogP contribution in [0, 0.1) is 0 Å². The minimum Gasteiger partial charge on any atom is -0.494 e. The van der Waals surface area contributed by atoms with E-state index >= 15 is 0 Å². The number of amides is 2. The van der Waals surface area contributed by atoms with Gasteiger partial charge >= 0.3 is 0 Å². The van der Waals surface area contributed by atoms with E-state index in [0.29, 0.717) is 27.3 Å². The number of carbonyl (C=O) groups excluding carboxylic acids is 2. The molecule has 1 aliphatic heterocycles. The normalized spacial score (nSPS) is 16.2. The van der Waals surface area contributed by atoms with E-state index in [4.69, 9.17) is 56.5 Å². The Bertz CT molecular complexity index is 1070. The molecule has 1 N–H and O–H groups in total. The highest BCUT2D eigenvalue weighted by atomic mass is 35.6. The number of halogens is 3. The van der Waals surface area contributed by atoms with Crippen LogP contribution in [-0.2, 0) is 9.59 Å². The molecule has 0 spiro atoms. The Morgan fingerprint density at radius 3 is 2.30 bits per heavy atom. The van der Waals surface area contributed by atoms with E-state index in [0.717, 1.165) is 11.3 Å². The Hall–Kier alpha value is -1.97. The first kappa shape index (κ1) is 25.6. The molecule has 0 bridgehead atoms. The van der Waals surface area contributed by atoms with Gasteiger partial charge in [0.2, 0.25) is 15.9 Å². The highest BCUT2D eigenvalue weighted by Gasteiger charge is 2.36. The molecular weight excluding hydrogens is 527 g/mol. The Balaban J connectivity index is 1.73. The van der Waals surface area contributed by atoms with Crippen molar-refractivity contribution in [2.24, 2.45) is 0 Å². The van der Waals surface area contributed by atoms with Gasteiger partial charge in [-0.1, -0.05) is 70.9 Å². The molecule has 2 aromatic rings. The number of alkyl halides is 3. The van der Waals surface area contributed by atoms with Gasteiger partial charge in [0.05, 0.1) is 17.2 Å². The average molecular weight is 546 g/mol. The van der Waals surface area contributed by atoms with Crippen molar-refractivity contribution in [3.63, 3.8) is 0 Å². The summed E-state index contributed by atoms with van der Waals surface area (Å²) in [7, 11) is 0. The molecule has 33 heavy (non-hydrogen) atoms. The lowest BCUT2D eigenvalue weighted by atomic mass is 10.2. The summed E-state index contributed by atoms with van der Waals surface area (Å²) in [6.45, 7) is 3.76. The molecule has 0 unspecified atom stereocenters. The monoisotopic (exact) mass is 544 g/mol. The SMILES string of the molecule is CCOc1ccc(N2C(=O)/C(=C\c3ccc(O[C@H](NC(C)=O)C(Cl)(Cl)Cl)cc3)SC2=S)cc1. The maximum Gasteiger partial charge on any atom is 0.270 e. The first-order valence-electron chi connectivity index (χ1n) is 9.70. The lowest BCUT2D eigenvalue weighted by Gasteiger charge is -2.25. The van der Waals surface area contributed by atoms with Crippen molar-refractivity contribution in [1.82, 2.24) is 5.32 Å². The molecular formula is C22H19Cl3N2O4S2. The Kier molecular flexibility index (Phi) is 8.53. The molecule has 1 heterocycles. The third-order valence-corrected chi connectivity index (χ3v) is 6.16. The molecule has 0 aliphatic carbocycles. The number of thioether (sulfide) groups is 1. The molecule has 0 aromatic heterocycles. The number of carbonyl (C=O) groups is 2. The van der Waals surface area contributed by atoms with Crippen LogP contribution in [0.15, 0.2) is 53.4 Å². The molecule has 1 fully saturated rings. The third kappa shape index (κ3) is 6.77. The van der Waals surface area contributed by atoms with E-state index in [2.05, 4.69) is 5.32 Å². The average Bonchev–Trinajstić information content (AvgIpc) is 3.02. The minimum atomic E-state index is -1.86. The minimum absolute atomic E-state index is 0.212. The van der Waals surface area contributed by atoms with Crippen molar-refractivity contribution in [3.8, 4) is 11.5 Å². The van der Waals surface area contributed by atoms with Gasteiger partial charge in [0.25, 0.3) is 5.91 Å². The predicted octanol–water partition coefficient (Wildman–Crippen LogP) is 5.70. The standard InChI is InChI=1S/C22H19Cl3N2O4S2/c1-3-30-16-10-6-15(7-11-16)27-19(29)18(33-21(27)32)12-14-4-8-17(9-5-14)31-20(22(23,24)25)26-13(2)28/h4-12,20H,3H2,1-2H3,(H,26,28)/b18-12+/t20-/m0/s1. The largest absolute Gasteiger partial charge is 0.494 e. The van der Waals surface area contributed by atoms with E-state index in [-0.39, 0.29) is 5.91 Å². The van der Waals surface area contributed by atoms with Gasteiger partial charge in [-0.05, 0) is 55.0 Å². The van der Waals surface area contributed by atoms with Crippen LogP contribution < -0.4 is 19.7 Å². The number of hydrogen-bond acceptors (Lipinski definition) is 6. The molecule has 2 aromatic carbocycles. The third-order valence-electron chi connectivity index (χ3n) is 4.26. The molecule has 1 saturated heterocycles. The second-order valence-corrected chi connectivity index (χ2v) is 10.8. The highest BCUT2D eigenvalue weighted by molar-refractivity contribution is 8.27. The van der Waals surface area contributed by atoms with E-state index in [1.165, 1.54) is 23.6 Å². The van der Waals surface area contributed by atoms with Crippen molar-refractivity contribution < 1.29 is 19.1 Å². The topological polar surface area (TPSA) is 67.9 Å². The summed E-state index contributed by atoms with van der Waals surface area (Å²) in [5, 5.41) is 2.44. The number of ether oxygens (including phenoxy) is 2. The maximum atomic E-state index is 13.0. The maximum absolute atomic E-state index is 13.0. The second kappa shape index (κ2) is 11.0. The Morgan fingerprint density at radius 1 is 1.15 bits per heavy atom. The van der Waals surface area contributed by atoms with Gasteiger partial charge in [0.1, 0.15) is 11.5 Å².